The summed E-state index contributed by atoms with van der Waals surface area (Å²) in [4.78, 5) is 29.7. The van der Waals surface area contributed by atoms with E-state index in [4.69, 9.17) is 32.7 Å². The van der Waals surface area contributed by atoms with Crippen molar-refractivity contribution in [2.24, 2.45) is 5.92 Å². The second kappa shape index (κ2) is 13.1. The van der Waals surface area contributed by atoms with Gasteiger partial charge >= 0.3 is 5.97 Å². The van der Waals surface area contributed by atoms with Crippen LogP contribution in [0.1, 0.15) is 38.5 Å². The number of hydrogen-bond donors (Lipinski definition) is 0. The third kappa shape index (κ3) is 6.89. The zero-order valence-corrected chi connectivity index (χ0v) is 23.6. The van der Waals surface area contributed by atoms with Crippen molar-refractivity contribution in [3.05, 3.63) is 68.9 Å². The smallest absolute Gasteiger partial charge is 0.310 e. The van der Waals surface area contributed by atoms with Crippen molar-refractivity contribution < 1.29 is 14.3 Å². The second-order valence-corrected chi connectivity index (χ2v) is 11.1. The number of pyridine rings is 1. The Kier molecular flexibility index (Phi) is 9.32. The third-order valence-corrected chi connectivity index (χ3v) is 8.58. The maximum absolute atomic E-state index is 12.6. The number of benzene rings is 2. The number of carbonyl (C=O) groups excluding carboxylic acids is 1. The molecule has 39 heavy (non-hydrogen) atoms. The van der Waals surface area contributed by atoms with E-state index in [1.54, 1.807) is 6.07 Å². The standard InChI is InChI=1S/C30H35Cl2N3O4/c31-25-8-5-9-26(29(25)32)34-17-15-33(16-18-34)14-3-4-19-38-24-12-10-22-11-13-28(36)35(27(22)20-24)21-39-30(37)23-6-1-2-7-23/h5,8-13,20,23H,1-4,6-7,14-19,21H2. The van der Waals surface area contributed by atoms with Gasteiger partial charge in [0.25, 0.3) is 5.56 Å². The molecule has 1 saturated carbocycles. The summed E-state index contributed by atoms with van der Waals surface area (Å²) in [5.41, 5.74) is 1.51. The Morgan fingerprint density at radius 2 is 1.72 bits per heavy atom. The quantitative estimate of drug-likeness (QED) is 0.220. The number of ether oxygens (including phenoxy) is 2. The van der Waals surface area contributed by atoms with Crippen LogP contribution in [0, 0.1) is 5.92 Å². The maximum atomic E-state index is 12.6. The van der Waals surface area contributed by atoms with Crippen molar-refractivity contribution in [1.29, 1.82) is 0 Å². The molecule has 1 saturated heterocycles. The average Bonchev–Trinajstić information content (AvgIpc) is 3.49. The second-order valence-electron chi connectivity index (χ2n) is 10.4. The molecule has 1 aliphatic carbocycles. The van der Waals surface area contributed by atoms with Gasteiger partial charge in [-0.25, -0.2) is 0 Å². The molecule has 2 aliphatic rings. The SMILES string of the molecule is O=C(OCn1c(=O)ccc2ccc(OCCCCN3CCN(c4cccc(Cl)c4Cl)CC3)cc21)C1CCCC1. The van der Waals surface area contributed by atoms with Crippen LogP contribution in [0.3, 0.4) is 0 Å². The van der Waals surface area contributed by atoms with E-state index in [-0.39, 0.29) is 24.2 Å². The maximum Gasteiger partial charge on any atom is 0.310 e. The first kappa shape index (κ1) is 27.8. The minimum absolute atomic E-state index is 0.0418. The van der Waals surface area contributed by atoms with E-state index in [1.165, 1.54) is 10.6 Å². The van der Waals surface area contributed by atoms with Crippen LogP contribution in [0.2, 0.25) is 10.0 Å². The van der Waals surface area contributed by atoms with Gasteiger partial charge in [-0.1, -0.05) is 42.1 Å². The summed E-state index contributed by atoms with van der Waals surface area (Å²) in [6, 6.07) is 14.8. The lowest BCUT2D eigenvalue weighted by Gasteiger charge is -2.36. The van der Waals surface area contributed by atoms with Crippen LogP contribution in [-0.2, 0) is 16.3 Å². The highest BCUT2D eigenvalue weighted by Crippen LogP contribution is 2.33. The monoisotopic (exact) mass is 571 g/mol. The molecule has 9 heteroatoms. The highest BCUT2D eigenvalue weighted by Gasteiger charge is 2.24. The fourth-order valence-corrected chi connectivity index (χ4v) is 5.89. The topological polar surface area (TPSA) is 64.0 Å². The van der Waals surface area contributed by atoms with Gasteiger partial charge in [0.2, 0.25) is 0 Å². The van der Waals surface area contributed by atoms with Crippen molar-refractivity contribution in [3.8, 4) is 5.75 Å². The molecule has 0 amide bonds. The van der Waals surface area contributed by atoms with Crippen LogP contribution in [-0.4, -0.2) is 54.8 Å². The number of aromatic nitrogens is 1. The van der Waals surface area contributed by atoms with Crippen LogP contribution in [0.4, 0.5) is 5.69 Å². The first-order valence-electron chi connectivity index (χ1n) is 13.8. The van der Waals surface area contributed by atoms with Gasteiger partial charge in [-0.05, 0) is 67.9 Å². The summed E-state index contributed by atoms with van der Waals surface area (Å²) in [7, 11) is 0. The summed E-state index contributed by atoms with van der Waals surface area (Å²) in [5.74, 6) is 0.453. The molecule has 2 aromatic carbocycles. The van der Waals surface area contributed by atoms with E-state index in [0.29, 0.717) is 27.9 Å². The highest BCUT2D eigenvalue weighted by molar-refractivity contribution is 6.43. The minimum Gasteiger partial charge on any atom is -0.494 e. The normalized spacial score (nSPS) is 16.6. The van der Waals surface area contributed by atoms with Crippen molar-refractivity contribution in [2.45, 2.75) is 45.3 Å². The molecule has 1 aromatic heterocycles. The lowest BCUT2D eigenvalue weighted by molar-refractivity contribution is -0.152. The summed E-state index contributed by atoms with van der Waals surface area (Å²) in [5, 5.41) is 2.12. The molecular weight excluding hydrogens is 537 g/mol. The number of rotatable bonds is 10. The van der Waals surface area contributed by atoms with E-state index in [9.17, 15) is 9.59 Å². The Bertz CT molecular complexity index is 1350. The van der Waals surface area contributed by atoms with Crippen LogP contribution >= 0.6 is 23.2 Å². The molecular formula is C30H35Cl2N3O4. The molecule has 0 atom stereocenters. The number of nitrogens with zero attached hydrogens (tertiary/aromatic N) is 3. The Morgan fingerprint density at radius 3 is 2.51 bits per heavy atom. The zero-order chi connectivity index (χ0) is 27.2. The lowest BCUT2D eigenvalue weighted by atomic mass is 10.1. The first-order valence-corrected chi connectivity index (χ1v) is 14.6. The fraction of sp³-hybridized carbons (Fsp3) is 0.467. The number of carbonyl (C=O) groups is 1. The molecule has 0 N–H and O–H groups in total. The summed E-state index contributed by atoms with van der Waals surface area (Å²) >= 11 is 12.6. The number of fused-ring (bicyclic) bond motifs is 1. The van der Waals surface area contributed by atoms with Gasteiger partial charge in [0.15, 0.2) is 6.73 Å². The molecule has 0 unspecified atom stereocenters. The summed E-state index contributed by atoms with van der Waals surface area (Å²) in [6.07, 6.45) is 5.83. The number of anilines is 1. The Labute approximate surface area is 239 Å². The van der Waals surface area contributed by atoms with Crippen molar-refractivity contribution in [2.75, 3.05) is 44.2 Å². The van der Waals surface area contributed by atoms with Crippen LogP contribution in [0.5, 0.6) is 5.75 Å². The molecule has 2 fully saturated rings. The van der Waals surface area contributed by atoms with Gasteiger partial charge in [-0.15, -0.1) is 0 Å². The lowest BCUT2D eigenvalue weighted by Crippen LogP contribution is -2.46. The number of unbranched alkanes of at least 4 members (excludes halogenated alkanes) is 1. The van der Waals surface area contributed by atoms with Gasteiger partial charge < -0.3 is 14.4 Å². The molecule has 1 aliphatic heterocycles. The predicted molar refractivity (Wildman–Crippen MR) is 156 cm³/mol. The molecule has 0 radical (unpaired) electrons. The minimum atomic E-state index is -0.210. The zero-order valence-electron chi connectivity index (χ0n) is 22.1. The van der Waals surface area contributed by atoms with E-state index in [0.717, 1.165) is 82.3 Å². The number of esters is 1. The molecule has 3 aromatic rings. The van der Waals surface area contributed by atoms with Gasteiger partial charge in [0.05, 0.1) is 33.8 Å². The average molecular weight is 573 g/mol. The van der Waals surface area contributed by atoms with E-state index >= 15 is 0 Å². The first-order chi connectivity index (χ1) is 19.0. The van der Waals surface area contributed by atoms with Crippen LogP contribution in [0.15, 0.2) is 53.3 Å². The Hall–Kier alpha value is -2.74. The molecule has 0 bridgehead atoms. The Morgan fingerprint density at radius 1 is 0.949 bits per heavy atom. The molecule has 0 spiro atoms. The van der Waals surface area contributed by atoms with Gasteiger partial charge in [-0.2, -0.15) is 0 Å². The number of halogens is 2. The Balaban J connectivity index is 1.08. The molecule has 7 nitrogen and oxygen atoms in total. The third-order valence-electron chi connectivity index (χ3n) is 7.77. The molecule has 208 valence electrons. The van der Waals surface area contributed by atoms with Crippen LogP contribution < -0.4 is 15.2 Å². The number of piperazine rings is 1. The van der Waals surface area contributed by atoms with Crippen molar-refractivity contribution >= 4 is 45.8 Å². The van der Waals surface area contributed by atoms with Gasteiger partial charge in [0, 0.05) is 38.3 Å². The van der Waals surface area contributed by atoms with Crippen molar-refractivity contribution in [3.63, 3.8) is 0 Å². The summed E-state index contributed by atoms with van der Waals surface area (Å²) < 4.78 is 13.1. The van der Waals surface area contributed by atoms with E-state index in [2.05, 4.69) is 9.80 Å². The summed E-state index contributed by atoms with van der Waals surface area (Å²) in [6.45, 7) is 5.35. The highest BCUT2D eigenvalue weighted by atomic mass is 35.5. The van der Waals surface area contributed by atoms with Crippen LogP contribution in [0.25, 0.3) is 10.9 Å². The van der Waals surface area contributed by atoms with E-state index < -0.39 is 0 Å². The van der Waals surface area contributed by atoms with E-state index in [1.807, 2.05) is 36.4 Å². The van der Waals surface area contributed by atoms with Gasteiger partial charge in [-0.3, -0.25) is 19.1 Å². The largest absolute Gasteiger partial charge is 0.494 e. The van der Waals surface area contributed by atoms with Crippen molar-refractivity contribution in [1.82, 2.24) is 9.47 Å². The predicted octanol–water partition coefficient (Wildman–Crippen LogP) is 5.98. The molecule has 2 heterocycles. The molecule has 5 rings (SSSR count). The number of hydrogen-bond acceptors (Lipinski definition) is 6. The van der Waals surface area contributed by atoms with Gasteiger partial charge in [0.1, 0.15) is 5.75 Å². The fourth-order valence-electron chi connectivity index (χ4n) is 5.47.